The fourth-order valence-electron chi connectivity index (χ4n) is 3.52. The van der Waals surface area contributed by atoms with Gasteiger partial charge in [0.2, 0.25) is 0 Å². The minimum Gasteiger partial charge on any atom is -0.362 e. The minimum atomic E-state index is -4.98. The molecule has 24 heavy (non-hydrogen) atoms. The summed E-state index contributed by atoms with van der Waals surface area (Å²) in [7, 11) is 0. The number of benzene rings is 1. The number of aliphatic hydroxyl groups is 1. The Hall–Kier alpha value is -1.89. The van der Waals surface area contributed by atoms with Crippen LogP contribution in [0.4, 0.5) is 13.2 Å². The standard InChI is InChI=1S/C17H19F3N2O2/c1-11-7-5-6-8-12(11)15(23)22-16(24,17(18,19)20)13-9-3-2-4-10-14(13)21-22/h5-8,13,24H,2-4,9-10H2,1H3/t13-,16+/m0/s1. The van der Waals surface area contributed by atoms with Crippen LogP contribution >= 0.6 is 0 Å². The topological polar surface area (TPSA) is 52.9 Å². The first-order valence-corrected chi connectivity index (χ1v) is 8.03. The van der Waals surface area contributed by atoms with Crippen LogP contribution in [0.3, 0.4) is 0 Å². The Labute approximate surface area is 138 Å². The summed E-state index contributed by atoms with van der Waals surface area (Å²) < 4.78 is 41.3. The zero-order valence-corrected chi connectivity index (χ0v) is 13.3. The number of alkyl halides is 3. The zero-order chi connectivity index (χ0) is 17.5. The van der Waals surface area contributed by atoms with E-state index in [1.54, 1.807) is 25.1 Å². The maximum absolute atomic E-state index is 13.8. The quantitative estimate of drug-likeness (QED) is 0.849. The highest BCUT2D eigenvalue weighted by atomic mass is 19.4. The molecule has 4 nitrogen and oxygen atoms in total. The van der Waals surface area contributed by atoms with Gasteiger partial charge in [-0.05, 0) is 37.8 Å². The van der Waals surface area contributed by atoms with E-state index >= 15 is 0 Å². The Bertz CT molecular complexity index is 687. The van der Waals surface area contributed by atoms with E-state index in [4.69, 9.17) is 0 Å². The lowest BCUT2D eigenvalue weighted by atomic mass is 9.87. The number of amides is 1. The Morgan fingerprint density at radius 1 is 1.29 bits per heavy atom. The number of carbonyl (C=O) groups is 1. The van der Waals surface area contributed by atoms with Crippen LogP contribution in [0.2, 0.25) is 0 Å². The highest BCUT2D eigenvalue weighted by Gasteiger charge is 2.68. The second-order valence-corrected chi connectivity index (χ2v) is 6.40. The van der Waals surface area contributed by atoms with E-state index < -0.39 is 23.7 Å². The van der Waals surface area contributed by atoms with Gasteiger partial charge in [0.15, 0.2) is 0 Å². The largest absolute Gasteiger partial charge is 0.439 e. The fraction of sp³-hybridized carbons (Fsp3) is 0.529. The molecule has 1 aliphatic heterocycles. The summed E-state index contributed by atoms with van der Waals surface area (Å²) >= 11 is 0. The molecule has 130 valence electrons. The van der Waals surface area contributed by atoms with Crippen molar-refractivity contribution < 1.29 is 23.1 Å². The van der Waals surface area contributed by atoms with Crippen LogP contribution in [0.5, 0.6) is 0 Å². The number of carbonyl (C=O) groups excluding carboxylic acids is 1. The molecule has 0 spiro atoms. The minimum absolute atomic E-state index is 0.112. The highest BCUT2D eigenvalue weighted by molar-refractivity contribution is 6.00. The molecular weight excluding hydrogens is 321 g/mol. The third-order valence-electron chi connectivity index (χ3n) is 4.85. The van der Waals surface area contributed by atoms with E-state index in [1.165, 1.54) is 6.07 Å². The van der Waals surface area contributed by atoms with Crippen LogP contribution in [0.25, 0.3) is 0 Å². The Morgan fingerprint density at radius 3 is 2.67 bits per heavy atom. The van der Waals surface area contributed by atoms with Crippen molar-refractivity contribution >= 4 is 11.6 Å². The van der Waals surface area contributed by atoms with Crippen molar-refractivity contribution in [3.63, 3.8) is 0 Å². The number of hydrazone groups is 1. The van der Waals surface area contributed by atoms with Gasteiger partial charge in [-0.1, -0.05) is 31.0 Å². The number of fused-ring (bicyclic) bond motifs is 1. The molecule has 1 aromatic rings. The lowest BCUT2D eigenvalue weighted by Gasteiger charge is -2.37. The van der Waals surface area contributed by atoms with E-state index in [0.717, 1.165) is 12.8 Å². The van der Waals surface area contributed by atoms with E-state index in [0.29, 0.717) is 18.4 Å². The molecule has 0 aromatic heterocycles. The van der Waals surface area contributed by atoms with Crippen molar-refractivity contribution in [1.82, 2.24) is 5.01 Å². The Morgan fingerprint density at radius 2 is 2.00 bits per heavy atom. The number of aryl methyl sites for hydroxylation is 1. The maximum atomic E-state index is 13.8. The molecule has 0 unspecified atom stereocenters. The van der Waals surface area contributed by atoms with Crippen LogP contribution < -0.4 is 0 Å². The molecule has 1 heterocycles. The zero-order valence-electron chi connectivity index (χ0n) is 13.3. The van der Waals surface area contributed by atoms with Crippen molar-refractivity contribution in [2.75, 3.05) is 0 Å². The summed E-state index contributed by atoms with van der Waals surface area (Å²) in [4.78, 5) is 12.7. The van der Waals surface area contributed by atoms with Crippen LogP contribution in [0.1, 0.15) is 48.0 Å². The first-order chi connectivity index (χ1) is 11.3. The summed E-state index contributed by atoms with van der Waals surface area (Å²) in [6, 6.07) is 6.36. The number of hydrogen-bond acceptors (Lipinski definition) is 3. The molecule has 7 heteroatoms. The molecule has 1 N–H and O–H groups in total. The van der Waals surface area contributed by atoms with Crippen LogP contribution in [-0.2, 0) is 0 Å². The SMILES string of the molecule is Cc1ccccc1C(=O)N1N=C2CCCCC[C@@H]2[C@@]1(O)C(F)(F)F. The number of nitrogens with zero attached hydrogens (tertiary/aromatic N) is 2. The first-order valence-electron chi connectivity index (χ1n) is 8.03. The molecule has 0 saturated heterocycles. The maximum Gasteiger partial charge on any atom is 0.439 e. The van der Waals surface area contributed by atoms with Gasteiger partial charge >= 0.3 is 6.18 Å². The molecule has 1 aromatic carbocycles. The normalized spacial score (nSPS) is 27.5. The molecule has 1 aliphatic carbocycles. The number of halogens is 3. The number of hydrogen-bond donors (Lipinski definition) is 1. The molecule has 3 rings (SSSR count). The predicted molar refractivity (Wildman–Crippen MR) is 82.4 cm³/mol. The predicted octanol–water partition coefficient (Wildman–Crippen LogP) is 3.64. The summed E-state index contributed by atoms with van der Waals surface area (Å²) in [6.45, 7) is 1.64. The van der Waals surface area contributed by atoms with Crippen molar-refractivity contribution in [2.45, 2.75) is 50.9 Å². The summed E-state index contributed by atoms with van der Waals surface area (Å²) in [5.74, 6) is -2.11. The molecule has 1 saturated carbocycles. The van der Waals surface area contributed by atoms with E-state index in [2.05, 4.69) is 5.10 Å². The average Bonchev–Trinajstić information content (AvgIpc) is 2.68. The molecular formula is C17H19F3N2O2. The second-order valence-electron chi connectivity index (χ2n) is 6.40. The van der Waals surface area contributed by atoms with Crippen molar-refractivity contribution in [3.05, 3.63) is 35.4 Å². The molecule has 1 fully saturated rings. The van der Waals surface area contributed by atoms with Gasteiger partial charge in [0.1, 0.15) is 0 Å². The monoisotopic (exact) mass is 340 g/mol. The van der Waals surface area contributed by atoms with Gasteiger partial charge in [-0.15, -0.1) is 0 Å². The lowest BCUT2D eigenvalue weighted by Crippen LogP contribution is -2.61. The van der Waals surface area contributed by atoms with Crippen molar-refractivity contribution in [3.8, 4) is 0 Å². The van der Waals surface area contributed by atoms with Gasteiger partial charge in [0.25, 0.3) is 11.6 Å². The van der Waals surface area contributed by atoms with Crippen molar-refractivity contribution in [2.24, 2.45) is 11.0 Å². The second kappa shape index (κ2) is 5.88. The van der Waals surface area contributed by atoms with Gasteiger partial charge < -0.3 is 5.11 Å². The Kier molecular flexibility index (Phi) is 4.15. The van der Waals surface area contributed by atoms with Crippen LogP contribution in [-0.4, -0.2) is 33.6 Å². The van der Waals surface area contributed by atoms with Crippen molar-refractivity contribution in [1.29, 1.82) is 0 Å². The molecule has 2 aliphatic rings. The third kappa shape index (κ3) is 2.51. The molecule has 1 amide bonds. The lowest BCUT2D eigenvalue weighted by molar-refractivity contribution is -0.312. The summed E-state index contributed by atoms with van der Waals surface area (Å²) in [5, 5.41) is 14.8. The molecule has 2 atom stereocenters. The first kappa shape index (κ1) is 17.0. The van der Waals surface area contributed by atoms with E-state index in [1.807, 2.05) is 0 Å². The van der Waals surface area contributed by atoms with Crippen LogP contribution in [0, 0.1) is 12.8 Å². The smallest absolute Gasteiger partial charge is 0.362 e. The summed E-state index contributed by atoms with van der Waals surface area (Å²) in [6.07, 6.45) is -2.34. The van der Waals surface area contributed by atoms with Gasteiger partial charge in [0.05, 0.1) is 5.92 Å². The van der Waals surface area contributed by atoms with Gasteiger partial charge in [-0.2, -0.15) is 23.3 Å². The van der Waals surface area contributed by atoms with Gasteiger partial charge in [-0.3, -0.25) is 4.79 Å². The summed E-state index contributed by atoms with van der Waals surface area (Å²) in [5.41, 5.74) is -2.35. The fourth-order valence-corrected chi connectivity index (χ4v) is 3.52. The van der Waals surface area contributed by atoms with Crippen LogP contribution in [0.15, 0.2) is 29.4 Å². The Balaban J connectivity index is 2.07. The number of rotatable bonds is 1. The van der Waals surface area contributed by atoms with E-state index in [9.17, 15) is 23.1 Å². The van der Waals surface area contributed by atoms with Gasteiger partial charge in [-0.25, -0.2) is 0 Å². The molecule has 0 radical (unpaired) electrons. The van der Waals surface area contributed by atoms with Gasteiger partial charge in [0, 0.05) is 11.3 Å². The molecule has 0 bridgehead atoms. The average molecular weight is 340 g/mol. The highest BCUT2D eigenvalue weighted by Crippen LogP contribution is 2.48. The third-order valence-corrected chi connectivity index (χ3v) is 4.85. The van der Waals surface area contributed by atoms with E-state index in [-0.39, 0.29) is 22.7 Å².